The molecule has 0 aliphatic heterocycles. The van der Waals surface area contributed by atoms with E-state index in [2.05, 4.69) is 31.4 Å². The summed E-state index contributed by atoms with van der Waals surface area (Å²) >= 11 is 0. The van der Waals surface area contributed by atoms with Gasteiger partial charge in [0.25, 0.3) is 0 Å². The van der Waals surface area contributed by atoms with Crippen LogP contribution < -0.4 is 10.6 Å². The number of carbonyl (C=O) groups is 1. The number of unbranched alkanes of at least 4 members (excludes halogenated alkanes) is 2. The maximum Gasteiger partial charge on any atom is 0.407 e. The summed E-state index contributed by atoms with van der Waals surface area (Å²) < 4.78 is 5.17. The van der Waals surface area contributed by atoms with Gasteiger partial charge in [0.1, 0.15) is 0 Å². The minimum atomic E-state index is -0.299. The second-order valence-electron chi connectivity index (χ2n) is 6.29. The number of amides is 1. The number of rotatable bonds is 13. The van der Waals surface area contributed by atoms with Crippen LogP contribution in [0.15, 0.2) is 0 Å². The fourth-order valence-electron chi connectivity index (χ4n) is 2.74. The van der Waals surface area contributed by atoms with Gasteiger partial charge in [0.05, 0.1) is 6.61 Å². The predicted molar refractivity (Wildman–Crippen MR) is 89.7 cm³/mol. The van der Waals surface area contributed by atoms with E-state index in [1.807, 2.05) is 7.05 Å². The summed E-state index contributed by atoms with van der Waals surface area (Å²) in [6, 6.07) is 0. The number of likely N-dealkylation sites (N-methyl/N-ethyl adjacent to an activating group) is 1. The van der Waals surface area contributed by atoms with E-state index in [9.17, 15) is 4.79 Å². The topological polar surface area (TPSA) is 50.4 Å². The first-order chi connectivity index (χ1) is 10.1. The van der Waals surface area contributed by atoms with Crippen LogP contribution in [0.5, 0.6) is 0 Å². The molecule has 0 spiro atoms. The summed E-state index contributed by atoms with van der Waals surface area (Å²) in [5.41, 5.74) is 0.472. The molecule has 0 aliphatic carbocycles. The Kier molecular flexibility index (Phi) is 12.5. The van der Waals surface area contributed by atoms with Gasteiger partial charge in [0.15, 0.2) is 0 Å². The van der Waals surface area contributed by atoms with E-state index >= 15 is 0 Å². The maximum atomic E-state index is 11.4. The fraction of sp³-hybridized carbons (Fsp3) is 0.941. The van der Waals surface area contributed by atoms with Crippen molar-refractivity contribution < 1.29 is 9.53 Å². The van der Waals surface area contributed by atoms with Gasteiger partial charge in [-0.1, -0.05) is 40.0 Å². The highest BCUT2D eigenvalue weighted by molar-refractivity contribution is 5.66. The molecule has 0 unspecified atom stereocenters. The van der Waals surface area contributed by atoms with E-state index < -0.39 is 0 Å². The molecular formula is C17H36N2O2. The number of nitrogens with one attached hydrogen (secondary N) is 2. The molecule has 0 saturated heterocycles. The summed E-state index contributed by atoms with van der Waals surface area (Å²) in [6.07, 6.45) is 9.52. The van der Waals surface area contributed by atoms with Gasteiger partial charge in [0, 0.05) is 13.1 Å². The van der Waals surface area contributed by atoms with Crippen molar-refractivity contribution in [3.8, 4) is 0 Å². The average molecular weight is 300 g/mol. The highest BCUT2D eigenvalue weighted by Gasteiger charge is 2.21. The standard InChI is InChI=1S/C17H36N2O2/c1-5-7-11-17(3,10-6-2)12-8-9-15-21-16(20)19-14-13-18-4/h18H,5-15H2,1-4H3,(H,19,20)/t17-/m0/s1. The Morgan fingerprint density at radius 3 is 2.33 bits per heavy atom. The smallest absolute Gasteiger partial charge is 0.407 e. The highest BCUT2D eigenvalue weighted by Crippen LogP contribution is 2.35. The maximum absolute atomic E-state index is 11.4. The molecule has 1 amide bonds. The molecule has 126 valence electrons. The Morgan fingerprint density at radius 1 is 1.00 bits per heavy atom. The predicted octanol–water partition coefficient (Wildman–Crippen LogP) is 4.10. The third-order valence-corrected chi connectivity index (χ3v) is 4.04. The molecule has 0 radical (unpaired) electrons. The van der Waals surface area contributed by atoms with Crippen LogP contribution in [0.4, 0.5) is 4.79 Å². The number of hydrogen-bond acceptors (Lipinski definition) is 3. The molecule has 4 heteroatoms. The Morgan fingerprint density at radius 2 is 1.71 bits per heavy atom. The zero-order chi connectivity index (χ0) is 16.0. The lowest BCUT2D eigenvalue weighted by Crippen LogP contribution is -2.31. The van der Waals surface area contributed by atoms with Crippen molar-refractivity contribution in [2.45, 2.75) is 72.1 Å². The number of ether oxygens (including phenoxy) is 1. The van der Waals surface area contributed by atoms with Gasteiger partial charge in [-0.05, 0) is 44.6 Å². The lowest BCUT2D eigenvalue weighted by molar-refractivity contribution is 0.140. The molecule has 0 aliphatic rings. The molecule has 0 saturated carbocycles. The largest absolute Gasteiger partial charge is 0.450 e. The van der Waals surface area contributed by atoms with Crippen LogP contribution in [0.1, 0.15) is 72.1 Å². The second-order valence-corrected chi connectivity index (χ2v) is 6.29. The van der Waals surface area contributed by atoms with Crippen molar-refractivity contribution in [1.29, 1.82) is 0 Å². The molecule has 0 fully saturated rings. The number of alkyl carbamates (subject to hydrolysis) is 1. The third kappa shape index (κ3) is 11.6. The van der Waals surface area contributed by atoms with Crippen LogP contribution in [-0.4, -0.2) is 32.8 Å². The molecule has 0 aromatic carbocycles. The highest BCUT2D eigenvalue weighted by atomic mass is 16.5. The monoisotopic (exact) mass is 300 g/mol. The Labute approximate surface area is 131 Å². The van der Waals surface area contributed by atoms with E-state index in [0.29, 0.717) is 18.6 Å². The van der Waals surface area contributed by atoms with Gasteiger partial charge in [-0.3, -0.25) is 0 Å². The number of carbonyl (C=O) groups excluding carboxylic acids is 1. The van der Waals surface area contributed by atoms with E-state index in [1.165, 1.54) is 38.5 Å². The fourth-order valence-corrected chi connectivity index (χ4v) is 2.74. The van der Waals surface area contributed by atoms with Gasteiger partial charge in [-0.2, -0.15) is 0 Å². The van der Waals surface area contributed by atoms with E-state index in [-0.39, 0.29) is 6.09 Å². The van der Waals surface area contributed by atoms with Gasteiger partial charge in [-0.25, -0.2) is 4.79 Å². The summed E-state index contributed by atoms with van der Waals surface area (Å²) in [6.45, 7) is 8.84. The third-order valence-electron chi connectivity index (χ3n) is 4.04. The van der Waals surface area contributed by atoms with Gasteiger partial charge >= 0.3 is 6.09 Å². The van der Waals surface area contributed by atoms with Crippen LogP contribution in [0.25, 0.3) is 0 Å². The van der Waals surface area contributed by atoms with Crippen molar-refractivity contribution in [3.05, 3.63) is 0 Å². The Balaban J connectivity index is 3.72. The number of hydrogen-bond donors (Lipinski definition) is 2. The lowest BCUT2D eigenvalue weighted by Gasteiger charge is -2.29. The van der Waals surface area contributed by atoms with Crippen LogP contribution in [0.3, 0.4) is 0 Å². The normalized spacial score (nSPS) is 13.7. The molecule has 0 bridgehead atoms. The minimum absolute atomic E-state index is 0.299. The lowest BCUT2D eigenvalue weighted by atomic mass is 9.77. The summed E-state index contributed by atoms with van der Waals surface area (Å²) in [5.74, 6) is 0. The summed E-state index contributed by atoms with van der Waals surface area (Å²) in [5, 5.41) is 5.69. The first-order valence-corrected chi connectivity index (χ1v) is 8.63. The first-order valence-electron chi connectivity index (χ1n) is 8.63. The minimum Gasteiger partial charge on any atom is -0.450 e. The van der Waals surface area contributed by atoms with Crippen molar-refractivity contribution in [2.75, 3.05) is 26.7 Å². The second kappa shape index (κ2) is 12.9. The van der Waals surface area contributed by atoms with Crippen molar-refractivity contribution >= 4 is 6.09 Å². The molecule has 0 heterocycles. The summed E-state index contributed by atoms with van der Waals surface area (Å²) in [4.78, 5) is 11.4. The van der Waals surface area contributed by atoms with E-state index in [4.69, 9.17) is 4.74 Å². The van der Waals surface area contributed by atoms with Gasteiger partial charge < -0.3 is 15.4 Å². The molecule has 2 N–H and O–H groups in total. The SMILES string of the molecule is CCCC[C@](C)(CCC)CCCCOC(=O)NCCNC. The molecule has 0 aromatic rings. The van der Waals surface area contributed by atoms with Gasteiger partial charge in [-0.15, -0.1) is 0 Å². The van der Waals surface area contributed by atoms with Crippen LogP contribution in [0, 0.1) is 5.41 Å². The van der Waals surface area contributed by atoms with Crippen molar-refractivity contribution in [2.24, 2.45) is 5.41 Å². The van der Waals surface area contributed by atoms with Crippen LogP contribution >= 0.6 is 0 Å². The van der Waals surface area contributed by atoms with Crippen LogP contribution in [0.2, 0.25) is 0 Å². The van der Waals surface area contributed by atoms with Gasteiger partial charge in [0.2, 0.25) is 0 Å². The van der Waals surface area contributed by atoms with Crippen molar-refractivity contribution in [1.82, 2.24) is 10.6 Å². The van der Waals surface area contributed by atoms with Crippen LogP contribution in [-0.2, 0) is 4.74 Å². The van der Waals surface area contributed by atoms with E-state index in [0.717, 1.165) is 19.4 Å². The molecule has 1 atom stereocenters. The van der Waals surface area contributed by atoms with Crippen molar-refractivity contribution in [3.63, 3.8) is 0 Å². The first kappa shape index (κ1) is 20.2. The Hall–Kier alpha value is -0.770. The van der Waals surface area contributed by atoms with E-state index in [1.54, 1.807) is 0 Å². The molecular weight excluding hydrogens is 264 g/mol. The average Bonchev–Trinajstić information content (AvgIpc) is 2.45. The zero-order valence-corrected chi connectivity index (χ0v) is 14.6. The Bertz CT molecular complexity index is 259. The molecule has 0 aromatic heterocycles. The molecule has 0 rings (SSSR count). The quantitative estimate of drug-likeness (QED) is 0.503. The summed E-state index contributed by atoms with van der Waals surface area (Å²) in [7, 11) is 1.86. The molecule has 21 heavy (non-hydrogen) atoms. The zero-order valence-electron chi connectivity index (χ0n) is 14.6. The molecule has 4 nitrogen and oxygen atoms in total.